The van der Waals surface area contributed by atoms with E-state index in [-0.39, 0.29) is 24.5 Å². The third kappa shape index (κ3) is 6.61. The first-order chi connectivity index (χ1) is 17.8. The van der Waals surface area contributed by atoms with Crippen LogP contribution in [-0.4, -0.2) is 38.6 Å². The van der Waals surface area contributed by atoms with Crippen LogP contribution in [0.15, 0.2) is 38.6 Å². The van der Waals surface area contributed by atoms with Crippen molar-refractivity contribution in [3.63, 3.8) is 0 Å². The van der Waals surface area contributed by atoms with E-state index in [2.05, 4.69) is 17.5 Å². The quantitative estimate of drug-likeness (QED) is 0.158. The monoisotopic (exact) mass is 510 g/mol. The van der Waals surface area contributed by atoms with Gasteiger partial charge in [-0.2, -0.15) is 5.10 Å². The molecule has 2 aromatic carbocycles. The number of benzene rings is 2. The van der Waals surface area contributed by atoms with E-state index in [1.165, 1.54) is 27.5 Å². The highest BCUT2D eigenvalue weighted by atomic mass is 16.5. The number of hydrogen-bond donors (Lipinski definition) is 2. The number of aromatic hydroxyl groups is 1. The fraction of sp³-hybridized carbons (Fsp3) is 0.393. The van der Waals surface area contributed by atoms with Crippen LogP contribution in [0.3, 0.4) is 0 Å². The molecule has 2 N–H and O–H groups in total. The average molecular weight is 511 g/mol. The van der Waals surface area contributed by atoms with Gasteiger partial charge in [0.15, 0.2) is 11.5 Å². The number of rotatable bonds is 12. The lowest BCUT2D eigenvalue weighted by atomic mass is 9.99. The lowest BCUT2D eigenvalue weighted by molar-refractivity contribution is -0.121. The summed E-state index contributed by atoms with van der Waals surface area (Å²) in [6.45, 7) is 3.88. The van der Waals surface area contributed by atoms with Crippen molar-refractivity contribution >= 4 is 23.1 Å². The van der Waals surface area contributed by atoms with Crippen LogP contribution in [0.5, 0.6) is 23.0 Å². The van der Waals surface area contributed by atoms with Gasteiger partial charge in [0.2, 0.25) is 11.7 Å². The molecule has 1 heterocycles. The molecule has 0 bridgehead atoms. The van der Waals surface area contributed by atoms with Gasteiger partial charge in [-0.25, -0.2) is 10.2 Å². The van der Waals surface area contributed by atoms with E-state index in [4.69, 9.17) is 18.6 Å². The Morgan fingerprint density at radius 1 is 1.05 bits per heavy atom. The molecule has 0 aliphatic heterocycles. The Hall–Kier alpha value is -4.01. The summed E-state index contributed by atoms with van der Waals surface area (Å²) in [6.07, 6.45) is 5.61. The Labute approximate surface area is 216 Å². The zero-order valence-corrected chi connectivity index (χ0v) is 22.0. The minimum absolute atomic E-state index is 0.0135. The number of carbonyl (C=O) groups is 1. The van der Waals surface area contributed by atoms with E-state index in [1.807, 2.05) is 6.07 Å². The molecule has 0 aliphatic carbocycles. The molecule has 3 aromatic rings. The number of methoxy groups -OCH3 is 3. The molecule has 3 rings (SSSR count). The summed E-state index contributed by atoms with van der Waals surface area (Å²) < 4.78 is 21.4. The van der Waals surface area contributed by atoms with Crippen molar-refractivity contribution in [3.8, 4) is 23.0 Å². The van der Waals surface area contributed by atoms with Crippen molar-refractivity contribution in [2.45, 2.75) is 52.4 Å². The minimum atomic E-state index is -0.510. The Balaban J connectivity index is 1.70. The lowest BCUT2D eigenvalue weighted by Gasteiger charge is -2.12. The summed E-state index contributed by atoms with van der Waals surface area (Å²) in [5, 5.41) is 15.1. The summed E-state index contributed by atoms with van der Waals surface area (Å²) in [5.74, 6) is 1.08. The van der Waals surface area contributed by atoms with Crippen LogP contribution < -0.4 is 25.3 Å². The van der Waals surface area contributed by atoms with E-state index in [9.17, 15) is 14.7 Å². The van der Waals surface area contributed by atoms with Gasteiger partial charge < -0.3 is 23.7 Å². The van der Waals surface area contributed by atoms with Crippen LogP contribution in [0.1, 0.15) is 54.9 Å². The Morgan fingerprint density at radius 2 is 1.76 bits per heavy atom. The third-order valence-corrected chi connectivity index (χ3v) is 6.18. The standard InChI is InChI=1S/C28H34N2O7/c1-6-7-8-9-18-12-21(31)26-17(2)20(28(33)37-22(26)13-18)10-11-25(32)30-29-16-19-14-23(34-3)27(36-5)24(15-19)35-4/h12-16,31H,6-11H2,1-5H3,(H,30,32)/b29-16+. The van der Waals surface area contributed by atoms with Crippen molar-refractivity contribution in [3.05, 3.63) is 56.9 Å². The first-order valence-corrected chi connectivity index (χ1v) is 12.2. The topological polar surface area (TPSA) is 120 Å². The third-order valence-electron chi connectivity index (χ3n) is 6.18. The van der Waals surface area contributed by atoms with Crippen molar-refractivity contribution in [2.24, 2.45) is 5.10 Å². The first-order valence-electron chi connectivity index (χ1n) is 12.2. The number of hydrazone groups is 1. The van der Waals surface area contributed by atoms with Gasteiger partial charge in [-0.15, -0.1) is 0 Å². The van der Waals surface area contributed by atoms with Gasteiger partial charge >= 0.3 is 5.63 Å². The van der Waals surface area contributed by atoms with Crippen molar-refractivity contribution in [1.82, 2.24) is 5.43 Å². The fourth-order valence-electron chi connectivity index (χ4n) is 4.24. The number of phenols is 1. The Morgan fingerprint density at radius 3 is 2.38 bits per heavy atom. The largest absolute Gasteiger partial charge is 0.507 e. The molecule has 1 amide bonds. The van der Waals surface area contributed by atoms with Gasteiger partial charge in [0.05, 0.1) is 32.9 Å². The van der Waals surface area contributed by atoms with Crippen LogP contribution in [-0.2, 0) is 17.6 Å². The summed E-state index contributed by atoms with van der Waals surface area (Å²) in [4.78, 5) is 25.1. The summed E-state index contributed by atoms with van der Waals surface area (Å²) in [5.41, 5.74) is 4.83. The number of fused-ring (bicyclic) bond motifs is 1. The number of hydrogen-bond acceptors (Lipinski definition) is 8. The van der Waals surface area contributed by atoms with Gasteiger partial charge in [-0.3, -0.25) is 4.79 Å². The molecule has 37 heavy (non-hydrogen) atoms. The molecule has 9 nitrogen and oxygen atoms in total. The highest BCUT2D eigenvalue weighted by Crippen LogP contribution is 2.37. The van der Waals surface area contributed by atoms with Gasteiger partial charge in [-0.1, -0.05) is 19.8 Å². The Kier molecular flexibility index (Phi) is 9.54. The van der Waals surface area contributed by atoms with Crippen LogP contribution in [0.25, 0.3) is 11.0 Å². The second kappa shape index (κ2) is 12.8. The van der Waals surface area contributed by atoms with E-state index < -0.39 is 5.63 Å². The molecule has 0 aliphatic rings. The maximum Gasteiger partial charge on any atom is 0.339 e. The molecular formula is C28H34N2O7. The number of nitrogens with one attached hydrogen (secondary N) is 1. The number of ether oxygens (including phenoxy) is 3. The predicted octanol–water partition coefficient (Wildman–Crippen LogP) is 4.65. The minimum Gasteiger partial charge on any atom is -0.507 e. The smallest absolute Gasteiger partial charge is 0.339 e. The SMILES string of the molecule is CCCCCc1cc(O)c2c(C)c(CCC(=O)N/N=C/c3cc(OC)c(OC)c(OC)c3)c(=O)oc2c1. The number of amides is 1. The van der Waals surface area contributed by atoms with Gasteiger partial charge in [0, 0.05) is 17.5 Å². The highest BCUT2D eigenvalue weighted by molar-refractivity contribution is 5.88. The highest BCUT2D eigenvalue weighted by Gasteiger charge is 2.17. The lowest BCUT2D eigenvalue weighted by Crippen LogP contribution is -2.20. The molecule has 0 fully saturated rings. The Bertz CT molecular complexity index is 1320. The van der Waals surface area contributed by atoms with Crippen LogP contribution in [0.2, 0.25) is 0 Å². The number of carbonyl (C=O) groups excluding carboxylic acids is 1. The van der Waals surface area contributed by atoms with Gasteiger partial charge in [0.25, 0.3) is 0 Å². The van der Waals surface area contributed by atoms with E-state index in [1.54, 1.807) is 25.1 Å². The molecule has 0 unspecified atom stereocenters. The zero-order valence-electron chi connectivity index (χ0n) is 22.0. The number of unbranched alkanes of at least 4 members (excludes halogenated alkanes) is 2. The molecule has 0 saturated carbocycles. The summed E-state index contributed by atoms with van der Waals surface area (Å²) in [6, 6.07) is 6.93. The zero-order chi connectivity index (χ0) is 26.9. The fourth-order valence-corrected chi connectivity index (χ4v) is 4.24. The van der Waals surface area contributed by atoms with Crippen LogP contribution in [0, 0.1) is 6.92 Å². The maximum atomic E-state index is 12.7. The van der Waals surface area contributed by atoms with E-state index in [0.29, 0.717) is 44.9 Å². The van der Waals surface area contributed by atoms with Gasteiger partial charge in [-0.05, 0) is 61.6 Å². The maximum absolute atomic E-state index is 12.7. The summed E-state index contributed by atoms with van der Waals surface area (Å²) in [7, 11) is 4.54. The molecule has 198 valence electrons. The second-order valence-corrected chi connectivity index (χ2v) is 8.69. The molecule has 1 aromatic heterocycles. The molecular weight excluding hydrogens is 476 g/mol. The molecule has 0 atom stereocenters. The molecule has 0 radical (unpaired) electrons. The normalized spacial score (nSPS) is 11.2. The molecule has 9 heteroatoms. The second-order valence-electron chi connectivity index (χ2n) is 8.69. The molecule has 0 saturated heterocycles. The number of phenolic OH excluding ortho intramolecular Hbond substituents is 1. The summed E-state index contributed by atoms with van der Waals surface area (Å²) >= 11 is 0. The first kappa shape index (κ1) is 27.6. The van der Waals surface area contributed by atoms with Gasteiger partial charge in [0.1, 0.15) is 11.3 Å². The van der Waals surface area contributed by atoms with Crippen LogP contribution >= 0.6 is 0 Å². The predicted molar refractivity (Wildman–Crippen MR) is 142 cm³/mol. The van der Waals surface area contributed by atoms with E-state index >= 15 is 0 Å². The average Bonchev–Trinajstić information content (AvgIpc) is 2.87. The number of aryl methyl sites for hydroxylation is 2. The molecule has 0 spiro atoms. The van der Waals surface area contributed by atoms with Crippen LogP contribution in [0.4, 0.5) is 0 Å². The van der Waals surface area contributed by atoms with Crippen molar-refractivity contribution < 1.29 is 28.5 Å². The number of nitrogens with zero attached hydrogens (tertiary/aromatic N) is 1. The van der Waals surface area contributed by atoms with Crippen molar-refractivity contribution in [2.75, 3.05) is 21.3 Å². The van der Waals surface area contributed by atoms with E-state index in [0.717, 1.165) is 31.2 Å². The van der Waals surface area contributed by atoms with Crippen molar-refractivity contribution in [1.29, 1.82) is 0 Å².